The first kappa shape index (κ1) is 13.8. The van der Waals surface area contributed by atoms with Crippen LogP contribution in [0.3, 0.4) is 0 Å². The zero-order chi connectivity index (χ0) is 12.8. The summed E-state index contributed by atoms with van der Waals surface area (Å²) in [4.78, 5) is 11.3. The van der Waals surface area contributed by atoms with Gasteiger partial charge in [0.15, 0.2) is 0 Å². The lowest BCUT2D eigenvalue weighted by atomic mass is 9.89. The third-order valence-electron chi connectivity index (χ3n) is 3.75. The first-order chi connectivity index (χ1) is 8.74. The molecule has 2 saturated heterocycles. The Labute approximate surface area is 109 Å². The van der Waals surface area contributed by atoms with Crippen molar-refractivity contribution in [2.45, 2.75) is 44.3 Å². The van der Waals surface area contributed by atoms with Gasteiger partial charge in [-0.3, -0.25) is 4.79 Å². The van der Waals surface area contributed by atoms with Crippen LogP contribution in [0.25, 0.3) is 0 Å². The Balaban J connectivity index is 1.65. The van der Waals surface area contributed by atoms with Crippen LogP contribution in [0.4, 0.5) is 0 Å². The topological polar surface area (TPSA) is 59.6 Å². The second-order valence-electron chi connectivity index (χ2n) is 5.14. The molecule has 0 aromatic heterocycles. The second-order valence-corrected chi connectivity index (χ2v) is 5.14. The number of rotatable bonds is 5. The Hall–Kier alpha value is -0.650. The largest absolute Gasteiger partial charge is 0.375 e. The second kappa shape index (κ2) is 6.50. The molecule has 2 rings (SSSR count). The van der Waals surface area contributed by atoms with Crippen molar-refractivity contribution in [3.8, 4) is 0 Å². The van der Waals surface area contributed by atoms with E-state index in [2.05, 4.69) is 10.6 Å². The predicted octanol–water partition coefficient (Wildman–Crippen LogP) is 0.440. The molecule has 5 heteroatoms. The number of amides is 1. The molecular formula is C13H24N2O3. The van der Waals surface area contributed by atoms with E-state index >= 15 is 0 Å². The summed E-state index contributed by atoms with van der Waals surface area (Å²) in [5.41, 5.74) is 0.0432. The Bertz CT molecular complexity index is 277. The SMILES string of the molecule is CCNC(=O)CCOC1COC2(CCNCC2)C1. The molecule has 0 saturated carbocycles. The molecule has 18 heavy (non-hydrogen) atoms. The fourth-order valence-electron chi connectivity index (χ4n) is 2.74. The molecule has 2 heterocycles. The van der Waals surface area contributed by atoms with Gasteiger partial charge in [0.1, 0.15) is 0 Å². The van der Waals surface area contributed by atoms with Crippen LogP contribution in [0.1, 0.15) is 32.6 Å². The van der Waals surface area contributed by atoms with Gasteiger partial charge in [0, 0.05) is 19.4 Å². The maximum Gasteiger partial charge on any atom is 0.222 e. The highest BCUT2D eigenvalue weighted by Gasteiger charge is 2.41. The Morgan fingerprint density at radius 3 is 3.00 bits per heavy atom. The van der Waals surface area contributed by atoms with E-state index in [1.54, 1.807) is 0 Å². The third kappa shape index (κ3) is 3.67. The van der Waals surface area contributed by atoms with E-state index in [0.29, 0.717) is 26.2 Å². The summed E-state index contributed by atoms with van der Waals surface area (Å²) in [5, 5.41) is 6.12. The molecule has 0 radical (unpaired) electrons. The number of nitrogens with one attached hydrogen (secondary N) is 2. The van der Waals surface area contributed by atoms with E-state index in [-0.39, 0.29) is 17.6 Å². The lowest BCUT2D eigenvalue weighted by molar-refractivity contribution is -0.122. The zero-order valence-corrected chi connectivity index (χ0v) is 11.2. The standard InChI is InChI=1S/C13H24N2O3/c1-2-15-12(16)3-8-17-11-9-13(18-10-11)4-6-14-7-5-13/h11,14H,2-10H2,1H3,(H,15,16). The van der Waals surface area contributed by atoms with Crippen molar-refractivity contribution in [2.75, 3.05) is 32.8 Å². The van der Waals surface area contributed by atoms with Crippen molar-refractivity contribution >= 4 is 5.91 Å². The Kier molecular flexibility index (Phi) is 4.97. The van der Waals surface area contributed by atoms with Gasteiger partial charge in [-0.2, -0.15) is 0 Å². The van der Waals surface area contributed by atoms with Gasteiger partial charge in [-0.25, -0.2) is 0 Å². The van der Waals surface area contributed by atoms with Crippen LogP contribution >= 0.6 is 0 Å². The minimum Gasteiger partial charge on any atom is -0.375 e. The lowest BCUT2D eigenvalue weighted by Crippen LogP contribution is -2.41. The molecule has 0 aliphatic carbocycles. The van der Waals surface area contributed by atoms with E-state index < -0.39 is 0 Å². The van der Waals surface area contributed by atoms with Crippen LogP contribution in [0.5, 0.6) is 0 Å². The maximum atomic E-state index is 11.3. The van der Waals surface area contributed by atoms with Crippen molar-refractivity contribution in [1.29, 1.82) is 0 Å². The van der Waals surface area contributed by atoms with Gasteiger partial charge in [0.25, 0.3) is 0 Å². The van der Waals surface area contributed by atoms with Crippen LogP contribution in [-0.2, 0) is 14.3 Å². The summed E-state index contributed by atoms with van der Waals surface area (Å²) in [5.74, 6) is 0.0630. The fraction of sp³-hybridized carbons (Fsp3) is 0.923. The molecule has 1 unspecified atom stereocenters. The predicted molar refractivity (Wildman–Crippen MR) is 68.4 cm³/mol. The van der Waals surface area contributed by atoms with Gasteiger partial charge < -0.3 is 20.1 Å². The number of hydrogen-bond donors (Lipinski definition) is 2. The minimum atomic E-state index is 0.0432. The van der Waals surface area contributed by atoms with Crippen LogP contribution in [0, 0.1) is 0 Å². The van der Waals surface area contributed by atoms with Crippen LogP contribution in [0.15, 0.2) is 0 Å². The molecule has 5 nitrogen and oxygen atoms in total. The highest BCUT2D eigenvalue weighted by molar-refractivity contribution is 5.75. The molecule has 1 amide bonds. The maximum absolute atomic E-state index is 11.3. The van der Waals surface area contributed by atoms with E-state index in [1.807, 2.05) is 6.92 Å². The van der Waals surface area contributed by atoms with Gasteiger partial charge >= 0.3 is 0 Å². The van der Waals surface area contributed by atoms with E-state index in [1.165, 1.54) is 0 Å². The van der Waals surface area contributed by atoms with Gasteiger partial charge in [0.2, 0.25) is 5.91 Å². The van der Waals surface area contributed by atoms with Gasteiger partial charge in [0.05, 0.1) is 24.9 Å². The summed E-state index contributed by atoms with van der Waals surface area (Å²) in [6, 6.07) is 0. The number of carbonyl (C=O) groups excluding carboxylic acids is 1. The normalized spacial score (nSPS) is 26.4. The molecule has 2 N–H and O–H groups in total. The highest BCUT2D eigenvalue weighted by atomic mass is 16.6. The third-order valence-corrected chi connectivity index (χ3v) is 3.75. The summed E-state index contributed by atoms with van der Waals surface area (Å²) in [7, 11) is 0. The molecule has 0 bridgehead atoms. The van der Waals surface area contributed by atoms with Crippen LogP contribution in [0.2, 0.25) is 0 Å². The highest BCUT2D eigenvalue weighted by Crippen LogP contribution is 2.35. The number of ether oxygens (including phenoxy) is 2. The van der Waals surface area contributed by atoms with Crippen molar-refractivity contribution in [1.82, 2.24) is 10.6 Å². The zero-order valence-electron chi connectivity index (χ0n) is 11.2. The summed E-state index contributed by atoms with van der Waals surface area (Å²) in [6.07, 6.45) is 3.73. The monoisotopic (exact) mass is 256 g/mol. The van der Waals surface area contributed by atoms with Crippen molar-refractivity contribution < 1.29 is 14.3 Å². The molecule has 2 aliphatic heterocycles. The van der Waals surface area contributed by atoms with E-state index in [0.717, 1.165) is 32.4 Å². The average Bonchev–Trinajstić information content (AvgIpc) is 2.74. The van der Waals surface area contributed by atoms with E-state index in [9.17, 15) is 4.79 Å². The first-order valence-corrected chi connectivity index (χ1v) is 6.97. The number of piperidine rings is 1. The molecule has 2 fully saturated rings. The smallest absolute Gasteiger partial charge is 0.222 e. The summed E-state index contributed by atoms with van der Waals surface area (Å²) >= 11 is 0. The molecule has 0 aromatic rings. The molecule has 104 valence electrons. The summed E-state index contributed by atoms with van der Waals surface area (Å²) < 4.78 is 11.7. The van der Waals surface area contributed by atoms with Crippen molar-refractivity contribution in [2.24, 2.45) is 0 Å². The van der Waals surface area contributed by atoms with Gasteiger partial charge in [-0.05, 0) is 32.9 Å². The first-order valence-electron chi connectivity index (χ1n) is 6.97. The Morgan fingerprint density at radius 1 is 1.50 bits per heavy atom. The Morgan fingerprint density at radius 2 is 2.28 bits per heavy atom. The molecule has 0 aromatic carbocycles. The van der Waals surface area contributed by atoms with Crippen LogP contribution in [-0.4, -0.2) is 50.5 Å². The van der Waals surface area contributed by atoms with Gasteiger partial charge in [-0.15, -0.1) is 0 Å². The molecular weight excluding hydrogens is 232 g/mol. The number of carbonyl (C=O) groups is 1. The van der Waals surface area contributed by atoms with Crippen LogP contribution < -0.4 is 10.6 Å². The average molecular weight is 256 g/mol. The van der Waals surface area contributed by atoms with Crippen molar-refractivity contribution in [3.63, 3.8) is 0 Å². The lowest BCUT2D eigenvalue weighted by Gasteiger charge is -2.32. The minimum absolute atomic E-state index is 0.0432. The molecule has 1 spiro atoms. The molecule has 2 aliphatic rings. The summed E-state index contributed by atoms with van der Waals surface area (Å²) in [6.45, 7) is 5.84. The van der Waals surface area contributed by atoms with Gasteiger partial charge in [-0.1, -0.05) is 0 Å². The fourth-order valence-corrected chi connectivity index (χ4v) is 2.74. The van der Waals surface area contributed by atoms with E-state index in [4.69, 9.17) is 9.47 Å². The van der Waals surface area contributed by atoms with Crippen molar-refractivity contribution in [3.05, 3.63) is 0 Å². The molecule has 1 atom stereocenters. The number of hydrogen-bond acceptors (Lipinski definition) is 4. The quantitative estimate of drug-likeness (QED) is 0.749.